The van der Waals surface area contributed by atoms with Crippen LogP contribution in [0.3, 0.4) is 0 Å². The summed E-state index contributed by atoms with van der Waals surface area (Å²) < 4.78 is 0. The molecule has 1 atom stereocenters. The number of fused-ring (bicyclic) bond motifs is 1. The summed E-state index contributed by atoms with van der Waals surface area (Å²) in [6, 6.07) is 4.19. The SMILES string of the molecule is CC(C)(CCCCCN)CC(C)(C)CNc1cccc2c1C(=O)N(C1CCC(=O)NC1=O)C2=O. The molecule has 0 saturated carbocycles. The lowest BCUT2D eigenvalue weighted by Gasteiger charge is -2.35. The summed E-state index contributed by atoms with van der Waals surface area (Å²) in [6.07, 6.45) is 5.74. The van der Waals surface area contributed by atoms with Crippen molar-refractivity contribution in [1.29, 1.82) is 0 Å². The van der Waals surface area contributed by atoms with Crippen LogP contribution in [0.25, 0.3) is 0 Å². The maximum atomic E-state index is 13.3. The highest BCUT2D eigenvalue weighted by Crippen LogP contribution is 2.38. The Morgan fingerprint density at radius 3 is 2.44 bits per heavy atom. The number of unbranched alkanes of at least 4 members (excludes halogenated alkanes) is 2. The molecular weight excluding hydrogens is 432 g/mol. The van der Waals surface area contributed by atoms with E-state index in [0.717, 1.165) is 43.5 Å². The molecule has 8 heteroatoms. The fraction of sp³-hybridized carbons (Fsp3) is 0.615. The van der Waals surface area contributed by atoms with Gasteiger partial charge < -0.3 is 11.1 Å². The third-order valence-corrected chi connectivity index (χ3v) is 6.74. The molecule has 186 valence electrons. The number of amides is 4. The maximum Gasteiger partial charge on any atom is 0.264 e. The zero-order valence-corrected chi connectivity index (χ0v) is 20.8. The number of carbonyl (C=O) groups excluding carboxylic acids is 4. The lowest BCUT2D eigenvalue weighted by Crippen LogP contribution is -2.54. The van der Waals surface area contributed by atoms with Crippen molar-refractivity contribution in [3.8, 4) is 0 Å². The summed E-state index contributed by atoms with van der Waals surface area (Å²) in [6.45, 7) is 10.4. The zero-order chi connectivity index (χ0) is 25.1. The number of anilines is 1. The Morgan fingerprint density at radius 2 is 1.76 bits per heavy atom. The molecule has 0 radical (unpaired) electrons. The van der Waals surface area contributed by atoms with E-state index >= 15 is 0 Å². The van der Waals surface area contributed by atoms with Gasteiger partial charge in [-0.15, -0.1) is 0 Å². The van der Waals surface area contributed by atoms with E-state index in [9.17, 15) is 19.2 Å². The summed E-state index contributed by atoms with van der Waals surface area (Å²) in [5.74, 6) is -1.97. The van der Waals surface area contributed by atoms with Gasteiger partial charge in [0.05, 0.1) is 11.1 Å². The minimum absolute atomic E-state index is 0.0466. The number of imide groups is 2. The molecule has 4 amide bonds. The van der Waals surface area contributed by atoms with E-state index < -0.39 is 23.8 Å². The molecule has 3 rings (SSSR count). The Balaban J connectivity index is 1.70. The molecule has 0 spiro atoms. The van der Waals surface area contributed by atoms with Crippen molar-refractivity contribution in [1.82, 2.24) is 10.2 Å². The van der Waals surface area contributed by atoms with E-state index in [1.807, 2.05) is 0 Å². The molecule has 0 aromatic heterocycles. The highest BCUT2D eigenvalue weighted by atomic mass is 16.2. The van der Waals surface area contributed by atoms with Crippen molar-refractivity contribution in [2.75, 3.05) is 18.4 Å². The van der Waals surface area contributed by atoms with Crippen molar-refractivity contribution < 1.29 is 19.2 Å². The quantitative estimate of drug-likeness (QED) is 0.336. The van der Waals surface area contributed by atoms with Gasteiger partial charge in [0.15, 0.2) is 0 Å². The number of hydrogen-bond acceptors (Lipinski definition) is 6. The Bertz CT molecular complexity index is 970. The fourth-order valence-corrected chi connectivity index (χ4v) is 5.37. The number of benzene rings is 1. The number of nitrogens with zero attached hydrogens (tertiary/aromatic N) is 1. The first-order chi connectivity index (χ1) is 16.0. The molecule has 1 saturated heterocycles. The van der Waals surface area contributed by atoms with Crippen molar-refractivity contribution in [3.05, 3.63) is 29.3 Å². The molecule has 2 heterocycles. The van der Waals surface area contributed by atoms with Gasteiger partial charge in [0.2, 0.25) is 11.8 Å². The third-order valence-electron chi connectivity index (χ3n) is 6.74. The van der Waals surface area contributed by atoms with Gasteiger partial charge in [-0.25, -0.2) is 0 Å². The number of nitrogens with one attached hydrogen (secondary N) is 2. The number of rotatable bonds is 11. The lowest BCUT2D eigenvalue weighted by atomic mass is 9.72. The van der Waals surface area contributed by atoms with Crippen molar-refractivity contribution >= 4 is 29.3 Å². The van der Waals surface area contributed by atoms with Crippen molar-refractivity contribution in [2.45, 2.75) is 78.7 Å². The van der Waals surface area contributed by atoms with Crippen LogP contribution >= 0.6 is 0 Å². The molecule has 1 fully saturated rings. The van der Waals surface area contributed by atoms with Gasteiger partial charge in [0.25, 0.3) is 11.8 Å². The summed E-state index contributed by atoms with van der Waals surface area (Å²) in [5, 5.41) is 5.64. The second-order valence-corrected chi connectivity index (χ2v) is 11.1. The van der Waals surface area contributed by atoms with E-state index in [2.05, 4.69) is 38.3 Å². The Labute approximate surface area is 202 Å². The average Bonchev–Trinajstić information content (AvgIpc) is 3.00. The fourth-order valence-electron chi connectivity index (χ4n) is 5.37. The van der Waals surface area contributed by atoms with Crippen molar-refractivity contribution in [2.24, 2.45) is 16.6 Å². The topological polar surface area (TPSA) is 122 Å². The van der Waals surface area contributed by atoms with Crippen LogP contribution in [-0.2, 0) is 9.59 Å². The minimum Gasteiger partial charge on any atom is -0.384 e. The number of piperidine rings is 1. The van der Waals surface area contributed by atoms with Crippen LogP contribution in [0, 0.1) is 10.8 Å². The summed E-state index contributed by atoms with van der Waals surface area (Å²) in [5.41, 5.74) is 6.92. The highest BCUT2D eigenvalue weighted by Gasteiger charge is 2.45. The molecule has 1 unspecified atom stereocenters. The van der Waals surface area contributed by atoms with E-state index in [-0.39, 0.29) is 35.1 Å². The molecule has 2 aliphatic rings. The van der Waals surface area contributed by atoms with Crippen LogP contribution in [0.5, 0.6) is 0 Å². The van der Waals surface area contributed by atoms with Gasteiger partial charge in [-0.2, -0.15) is 0 Å². The van der Waals surface area contributed by atoms with Gasteiger partial charge in [-0.05, 0) is 55.2 Å². The Hall–Kier alpha value is -2.74. The molecule has 0 aliphatic carbocycles. The van der Waals surface area contributed by atoms with Crippen LogP contribution in [0.4, 0.5) is 5.69 Å². The monoisotopic (exact) mass is 470 g/mol. The van der Waals surface area contributed by atoms with E-state index in [4.69, 9.17) is 5.73 Å². The molecule has 2 aliphatic heterocycles. The first kappa shape index (κ1) is 25.9. The van der Waals surface area contributed by atoms with Crippen LogP contribution in [0.2, 0.25) is 0 Å². The first-order valence-electron chi connectivity index (χ1n) is 12.2. The van der Waals surface area contributed by atoms with E-state index in [1.165, 1.54) is 0 Å². The molecule has 1 aromatic rings. The van der Waals surface area contributed by atoms with Gasteiger partial charge in [0.1, 0.15) is 6.04 Å². The lowest BCUT2D eigenvalue weighted by molar-refractivity contribution is -0.136. The molecule has 8 nitrogen and oxygen atoms in total. The summed E-state index contributed by atoms with van der Waals surface area (Å²) in [7, 11) is 0. The van der Waals surface area contributed by atoms with Crippen LogP contribution in [-0.4, -0.2) is 47.7 Å². The highest BCUT2D eigenvalue weighted by molar-refractivity contribution is 6.25. The smallest absolute Gasteiger partial charge is 0.264 e. The van der Waals surface area contributed by atoms with Crippen molar-refractivity contribution in [3.63, 3.8) is 0 Å². The number of hydrogen-bond donors (Lipinski definition) is 3. The van der Waals surface area contributed by atoms with E-state index in [1.54, 1.807) is 18.2 Å². The Morgan fingerprint density at radius 1 is 1.03 bits per heavy atom. The van der Waals surface area contributed by atoms with Crippen LogP contribution in [0.1, 0.15) is 93.4 Å². The second kappa shape index (κ2) is 10.3. The zero-order valence-electron chi connectivity index (χ0n) is 20.8. The van der Waals surface area contributed by atoms with E-state index in [0.29, 0.717) is 17.8 Å². The van der Waals surface area contributed by atoms with Gasteiger partial charge in [0, 0.05) is 18.7 Å². The number of nitrogens with two attached hydrogens (primary N) is 1. The standard InChI is InChI=1S/C26H38N4O4/c1-25(2,13-6-5-7-14-27)15-26(3,4)16-28-18-10-8-9-17-21(18)24(34)30(23(17)33)19-11-12-20(31)29-22(19)32/h8-10,19,28H,5-7,11-16,27H2,1-4H3,(H,29,31,32). The van der Waals surface area contributed by atoms with Crippen LogP contribution < -0.4 is 16.4 Å². The van der Waals surface area contributed by atoms with Gasteiger partial charge >= 0.3 is 0 Å². The third kappa shape index (κ3) is 5.84. The minimum atomic E-state index is -0.963. The predicted octanol–water partition coefficient (Wildman–Crippen LogP) is 3.46. The summed E-state index contributed by atoms with van der Waals surface area (Å²) in [4.78, 5) is 51.1. The predicted molar refractivity (Wildman–Crippen MR) is 131 cm³/mol. The summed E-state index contributed by atoms with van der Waals surface area (Å²) >= 11 is 0. The molecule has 34 heavy (non-hydrogen) atoms. The maximum absolute atomic E-state index is 13.3. The molecule has 1 aromatic carbocycles. The second-order valence-electron chi connectivity index (χ2n) is 11.1. The molecule has 0 bridgehead atoms. The molecular formula is C26H38N4O4. The molecule has 4 N–H and O–H groups in total. The largest absolute Gasteiger partial charge is 0.384 e. The number of carbonyl (C=O) groups is 4. The van der Waals surface area contributed by atoms with Gasteiger partial charge in [-0.3, -0.25) is 29.4 Å². The average molecular weight is 471 g/mol. The first-order valence-corrected chi connectivity index (χ1v) is 12.2. The Kier molecular flexibility index (Phi) is 7.81. The van der Waals surface area contributed by atoms with Gasteiger partial charge in [-0.1, -0.05) is 46.6 Å². The van der Waals surface area contributed by atoms with Crippen LogP contribution in [0.15, 0.2) is 18.2 Å². The normalized spacial score (nSPS) is 18.9.